The summed E-state index contributed by atoms with van der Waals surface area (Å²) >= 11 is 0. The first-order chi connectivity index (χ1) is 23.5. The molecule has 6 N–H and O–H groups in total. The van der Waals surface area contributed by atoms with Gasteiger partial charge in [-0.05, 0) is 42.0 Å². The van der Waals surface area contributed by atoms with Crippen molar-refractivity contribution < 1.29 is 142 Å². The molecule has 0 aromatic heterocycles. The monoisotopic (exact) mass is 1150 g/mol. The van der Waals surface area contributed by atoms with Crippen LogP contribution in [0.25, 0.3) is 0 Å². The van der Waals surface area contributed by atoms with Crippen molar-refractivity contribution in [1.82, 2.24) is 5.32 Å². The van der Waals surface area contributed by atoms with Crippen LogP contribution in [0.3, 0.4) is 0 Å². The molecule has 6 rings (SSSR count). The Morgan fingerprint density at radius 3 is 2.17 bits per heavy atom. The number of carbonyl (C=O) groups is 3. The van der Waals surface area contributed by atoms with E-state index in [0.29, 0.717) is 11.1 Å². The molecule has 1 heterocycles. The van der Waals surface area contributed by atoms with Crippen LogP contribution in [0, 0.1) is 111 Å². The normalized spacial score (nSPS) is 35.7. The van der Waals surface area contributed by atoms with E-state index in [1.54, 1.807) is 82.3 Å². The van der Waals surface area contributed by atoms with Crippen molar-refractivity contribution in [2.45, 2.75) is 102 Å². The van der Waals surface area contributed by atoms with E-state index < -0.39 is 88.3 Å². The molecule has 3 aliphatic carbocycles. The second-order valence-corrected chi connectivity index (χ2v) is 15.2. The van der Waals surface area contributed by atoms with Crippen molar-refractivity contribution in [2.75, 3.05) is 6.61 Å². The molecule has 2 aromatic carbocycles. The fourth-order valence-corrected chi connectivity index (χ4v) is 9.36. The SMILES string of the molecule is CC1=C2C(O)C(=O)[C@]3(C)C(O)CC4OCC4(O)C3C(C)C(O)(CC1OC(=O)C(O)C(NC(=O)OCc1ccccc1)c1ccccc1)C2(C)C.[Ac].[Ac]. The number of nitrogens with one attached hydrogen (secondary N) is 1. The van der Waals surface area contributed by atoms with Gasteiger partial charge in [0.1, 0.15) is 24.4 Å². The second kappa shape index (κ2) is 16.4. The predicted octanol–water partition coefficient (Wildman–Crippen LogP) is 2.50. The first-order valence-electron chi connectivity index (χ1n) is 17.1. The quantitative estimate of drug-likeness (QED) is 0.177. The number of rotatable bonds is 7. The van der Waals surface area contributed by atoms with Gasteiger partial charge in [-0.3, -0.25) is 4.79 Å². The summed E-state index contributed by atoms with van der Waals surface area (Å²) < 4.78 is 16.9. The third-order valence-electron chi connectivity index (χ3n) is 12.3. The summed E-state index contributed by atoms with van der Waals surface area (Å²) in [4.78, 5) is 41.0. The van der Waals surface area contributed by atoms with E-state index in [4.69, 9.17) is 14.2 Å². The summed E-state index contributed by atoms with van der Waals surface area (Å²) in [5.74, 6) is -3.74. The molecule has 2 bridgehead atoms. The Bertz CT molecular complexity index is 1680. The van der Waals surface area contributed by atoms with E-state index in [-0.39, 0.29) is 120 Å². The second-order valence-electron chi connectivity index (χ2n) is 15.2. The summed E-state index contributed by atoms with van der Waals surface area (Å²) in [6, 6.07) is 16.1. The van der Waals surface area contributed by atoms with Crippen molar-refractivity contribution >= 4 is 17.8 Å². The van der Waals surface area contributed by atoms with Gasteiger partial charge in [0, 0.05) is 112 Å². The minimum atomic E-state index is -1.93. The van der Waals surface area contributed by atoms with Crippen LogP contribution in [-0.4, -0.2) is 91.7 Å². The van der Waals surface area contributed by atoms with Gasteiger partial charge in [-0.1, -0.05) is 81.4 Å². The molecule has 10 unspecified atom stereocenters. The molecule has 2 radical (unpaired) electrons. The van der Waals surface area contributed by atoms with Crippen LogP contribution in [0.2, 0.25) is 0 Å². The molecule has 52 heavy (non-hydrogen) atoms. The Hall–Kier alpha value is -0.767. The number of fused-ring (bicyclic) bond motifs is 5. The maximum absolute atomic E-state index is 14.3. The minimum absolute atomic E-state index is 0. The molecule has 2 saturated carbocycles. The molecule has 14 heteroatoms. The molecule has 11 atom stereocenters. The van der Waals surface area contributed by atoms with Gasteiger partial charge in [0.15, 0.2) is 11.9 Å². The maximum Gasteiger partial charge on any atom is 0.408 e. The number of Topliss-reactive ketones (excluding diaryl/α,β-unsaturated/α-hetero) is 1. The fraction of sp³-hybridized carbons (Fsp3) is 0.553. The zero-order chi connectivity index (χ0) is 36.4. The van der Waals surface area contributed by atoms with Gasteiger partial charge in [-0.25, -0.2) is 9.59 Å². The van der Waals surface area contributed by atoms with Crippen molar-refractivity contribution in [1.29, 1.82) is 0 Å². The number of hydrogen-bond acceptors (Lipinski definition) is 11. The Morgan fingerprint density at radius 1 is 1.00 bits per heavy atom. The number of esters is 1. The van der Waals surface area contributed by atoms with Gasteiger partial charge in [0.2, 0.25) is 0 Å². The largest absolute Gasteiger partial charge is 0.456 e. The smallest absolute Gasteiger partial charge is 0.408 e. The molecule has 276 valence electrons. The average molecular weight is 1150 g/mol. The number of hydrogen-bond donors (Lipinski definition) is 6. The van der Waals surface area contributed by atoms with E-state index in [9.17, 15) is 39.9 Å². The number of ether oxygens (including phenoxy) is 3. The van der Waals surface area contributed by atoms with Gasteiger partial charge in [0.05, 0.1) is 35.9 Å². The molecule has 12 nitrogen and oxygen atoms in total. The van der Waals surface area contributed by atoms with Gasteiger partial charge >= 0.3 is 12.1 Å². The van der Waals surface area contributed by atoms with E-state index in [1.165, 1.54) is 6.92 Å². The number of amides is 1. The molecule has 3 fully saturated rings. The standard InChI is InChI=1S/C38H47NO11.2Ac/c1-20-24(50-33(44)30(42)28(23-14-10-7-11-15-23)39-34(45)48-18-22-12-8-6-9-13-22)17-38(47)21(2)31-36(5,25(40)16-26-37(31,46)19-49-26)32(43)29(41)27(20)35(38,3)4;;/h6-15,21,24-26,28-31,40-42,46-47H,16-19H2,1-5H3,(H,39,45);;/t21?,24?,25?,26?,28?,29?,30?,31?,36-,37?,38?;;/m1../s1. The van der Waals surface area contributed by atoms with Crippen LogP contribution >= 0.6 is 0 Å². The number of aliphatic hydroxyl groups excluding tert-OH is 3. The predicted molar refractivity (Wildman–Crippen MR) is 178 cm³/mol. The first kappa shape index (κ1) is 44.0. The summed E-state index contributed by atoms with van der Waals surface area (Å²) in [6.07, 6.45) is -8.07. The molecule has 1 aliphatic heterocycles. The summed E-state index contributed by atoms with van der Waals surface area (Å²) in [5, 5.41) is 61.8. The van der Waals surface area contributed by atoms with E-state index in [1.807, 2.05) is 6.07 Å². The Kier molecular flexibility index (Phi) is 13.8. The van der Waals surface area contributed by atoms with Crippen LogP contribution in [0.1, 0.15) is 64.6 Å². The third-order valence-corrected chi connectivity index (χ3v) is 12.3. The van der Waals surface area contributed by atoms with Gasteiger partial charge in [-0.15, -0.1) is 0 Å². The summed E-state index contributed by atoms with van der Waals surface area (Å²) in [5.41, 5.74) is -4.66. The fourth-order valence-electron chi connectivity index (χ4n) is 9.36. The number of alkyl carbamates (subject to hydrolysis) is 1. The van der Waals surface area contributed by atoms with E-state index in [0.717, 1.165) is 5.56 Å². The molecule has 2 aromatic rings. The van der Waals surface area contributed by atoms with Crippen molar-refractivity contribution in [3.05, 3.63) is 82.9 Å². The Morgan fingerprint density at radius 2 is 1.60 bits per heavy atom. The zero-order valence-electron chi connectivity index (χ0n) is 30.1. The number of benzene rings is 2. The molecular weight excluding hydrogens is 1100 g/mol. The Labute approximate surface area is 375 Å². The maximum atomic E-state index is 14.3. The van der Waals surface area contributed by atoms with E-state index >= 15 is 0 Å². The van der Waals surface area contributed by atoms with Gasteiger partial charge < -0.3 is 45.1 Å². The molecule has 0 spiro atoms. The number of aliphatic hydroxyl groups is 5. The minimum Gasteiger partial charge on any atom is -0.456 e. The average Bonchev–Trinajstić information content (AvgIpc) is 3.09. The summed E-state index contributed by atoms with van der Waals surface area (Å²) in [6.45, 7) is 8.06. The molecule has 1 amide bonds. The molecule has 4 aliphatic rings. The van der Waals surface area contributed by atoms with Crippen molar-refractivity contribution in [3.63, 3.8) is 0 Å². The topological polar surface area (TPSA) is 192 Å². The van der Waals surface area contributed by atoms with Crippen LogP contribution < -0.4 is 5.32 Å². The van der Waals surface area contributed by atoms with Crippen molar-refractivity contribution in [2.24, 2.45) is 22.7 Å². The Balaban J connectivity index is 0.00000302. The van der Waals surface area contributed by atoms with Crippen LogP contribution in [-0.2, 0) is 30.4 Å². The summed E-state index contributed by atoms with van der Waals surface area (Å²) in [7, 11) is 0. The van der Waals surface area contributed by atoms with Crippen LogP contribution in [0.15, 0.2) is 71.8 Å². The number of carbonyl (C=O) groups excluding carboxylic acids is 3. The van der Waals surface area contributed by atoms with Crippen molar-refractivity contribution in [3.8, 4) is 0 Å². The van der Waals surface area contributed by atoms with E-state index in [2.05, 4.69) is 5.32 Å². The van der Waals surface area contributed by atoms with Crippen LogP contribution in [0.4, 0.5) is 4.79 Å². The molecular formula is C38H47Ac2NO11. The first-order valence-corrected chi connectivity index (χ1v) is 17.1. The third kappa shape index (κ3) is 7.19. The number of ketones is 1. The van der Waals surface area contributed by atoms with Gasteiger partial charge in [0.25, 0.3) is 0 Å². The molecule has 1 saturated heterocycles. The zero-order valence-corrected chi connectivity index (χ0v) is 39.6. The van der Waals surface area contributed by atoms with Crippen LogP contribution in [0.5, 0.6) is 0 Å². The van der Waals surface area contributed by atoms with Gasteiger partial charge in [-0.2, -0.15) is 0 Å².